The molecule has 1 aromatic rings. The number of nitrogens with zero attached hydrogens (tertiary/aromatic N) is 2. The molecule has 6 heteroatoms. The van der Waals surface area contributed by atoms with Crippen molar-refractivity contribution >= 4 is 34.2 Å². The fourth-order valence-electron chi connectivity index (χ4n) is 0.920. The Kier molecular flexibility index (Phi) is 4.01. The number of nitriles is 1. The van der Waals surface area contributed by atoms with Gasteiger partial charge in [0.25, 0.3) is 6.43 Å². The summed E-state index contributed by atoms with van der Waals surface area (Å²) in [5.41, 5.74) is 0.318. The van der Waals surface area contributed by atoms with E-state index in [4.69, 9.17) is 16.9 Å². The minimum Gasteiger partial charge on any atom is -0.239 e. The van der Waals surface area contributed by atoms with Crippen LogP contribution in [0.15, 0.2) is 6.07 Å². The van der Waals surface area contributed by atoms with E-state index in [0.717, 1.165) is 0 Å². The second-order valence-electron chi connectivity index (χ2n) is 2.42. The molecule has 0 N–H and O–H groups in total. The zero-order chi connectivity index (χ0) is 10.7. The maximum absolute atomic E-state index is 12.3. The summed E-state index contributed by atoms with van der Waals surface area (Å²) in [7, 11) is 0. The van der Waals surface area contributed by atoms with E-state index in [-0.39, 0.29) is 20.8 Å². The number of hydrogen-bond donors (Lipinski definition) is 0. The van der Waals surface area contributed by atoms with E-state index in [1.165, 1.54) is 6.07 Å². The third-order valence-electron chi connectivity index (χ3n) is 1.56. The zero-order valence-corrected chi connectivity index (χ0v) is 9.68. The van der Waals surface area contributed by atoms with Crippen molar-refractivity contribution in [2.75, 3.05) is 0 Å². The lowest BCUT2D eigenvalue weighted by Gasteiger charge is -2.05. The van der Waals surface area contributed by atoms with Crippen LogP contribution in [0.3, 0.4) is 0 Å². The summed E-state index contributed by atoms with van der Waals surface area (Å²) < 4.78 is 24.9. The molecule has 0 aliphatic rings. The highest BCUT2D eigenvalue weighted by molar-refractivity contribution is 14.1. The molecular weight excluding hydrogens is 324 g/mol. The highest BCUT2D eigenvalue weighted by Gasteiger charge is 2.15. The van der Waals surface area contributed by atoms with Crippen LogP contribution in [0.2, 0.25) is 0 Å². The molecule has 0 aromatic carbocycles. The first-order chi connectivity index (χ1) is 6.60. The smallest absolute Gasteiger partial charge is 0.239 e. The molecule has 1 rings (SSSR count). The first-order valence-electron chi connectivity index (χ1n) is 3.53. The van der Waals surface area contributed by atoms with E-state index in [0.29, 0.717) is 5.56 Å². The Balaban J connectivity index is 3.33. The molecule has 1 heterocycles. The lowest BCUT2D eigenvalue weighted by molar-refractivity contribution is 0.145. The molecule has 0 atom stereocenters. The van der Waals surface area contributed by atoms with Gasteiger partial charge in [0, 0.05) is 5.88 Å². The maximum Gasteiger partial charge on any atom is 0.280 e. The van der Waals surface area contributed by atoms with Crippen LogP contribution in [0.1, 0.15) is 23.2 Å². The Morgan fingerprint density at radius 2 is 2.29 bits per heavy atom. The molecule has 2 nitrogen and oxygen atoms in total. The number of hydrogen-bond acceptors (Lipinski definition) is 2. The highest BCUT2D eigenvalue weighted by atomic mass is 127. The van der Waals surface area contributed by atoms with Gasteiger partial charge in [0.15, 0.2) is 0 Å². The molecule has 0 bridgehead atoms. The average Bonchev–Trinajstić information content (AvgIpc) is 2.16. The second-order valence-corrected chi connectivity index (χ2v) is 3.71. The van der Waals surface area contributed by atoms with Gasteiger partial charge in [-0.15, -0.1) is 11.6 Å². The van der Waals surface area contributed by atoms with Gasteiger partial charge in [-0.3, -0.25) is 0 Å². The Labute approximate surface area is 98.0 Å². The SMILES string of the molecule is N#Cc1c(CCl)cc(C(F)F)nc1I. The number of halogens is 4. The van der Waals surface area contributed by atoms with Crippen LogP contribution >= 0.6 is 34.2 Å². The van der Waals surface area contributed by atoms with Gasteiger partial charge >= 0.3 is 0 Å². The topological polar surface area (TPSA) is 36.7 Å². The predicted octanol–water partition coefficient (Wildman–Crippen LogP) is 3.23. The minimum absolute atomic E-state index is 0.0289. The summed E-state index contributed by atoms with van der Waals surface area (Å²) in [6.45, 7) is 0. The van der Waals surface area contributed by atoms with E-state index >= 15 is 0 Å². The van der Waals surface area contributed by atoms with Crippen molar-refractivity contribution in [3.63, 3.8) is 0 Å². The van der Waals surface area contributed by atoms with E-state index in [1.807, 2.05) is 6.07 Å². The van der Waals surface area contributed by atoms with Gasteiger partial charge in [0.05, 0.1) is 5.56 Å². The normalized spacial score (nSPS) is 10.3. The molecule has 0 aliphatic carbocycles. The first kappa shape index (κ1) is 11.6. The van der Waals surface area contributed by atoms with Crippen LogP contribution in [0, 0.1) is 15.0 Å². The largest absolute Gasteiger partial charge is 0.280 e. The summed E-state index contributed by atoms with van der Waals surface area (Å²) in [5.74, 6) is 0.0289. The van der Waals surface area contributed by atoms with Crippen LogP contribution in [-0.2, 0) is 5.88 Å². The molecule has 1 aromatic heterocycles. The third kappa shape index (κ3) is 2.30. The van der Waals surface area contributed by atoms with Crippen molar-refractivity contribution in [2.24, 2.45) is 0 Å². The monoisotopic (exact) mass is 328 g/mol. The minimum atomic E-state index is -2.64. The van der Waals surface area contributed by atoms with Crippen molar-refractivity contribution in [1.29, 1.82) is 5.26 Å². The van der Waals surface area contributed by atoms with Gasteiger partial charge in [-0.1, -0.05) is 0 Å². The van der Waals surface area contributed by atoms with E-state index in [1.54, 1.807) is 22.6 Å². The number of pyridine rings is 1. The average molecular weight is 328 g/mol. The first-order valence-corrected chi connectivity index (χ1v) is 5.15. The molecular formula is C8H4ClF2IN2. The predicted molar refractivity (Wildman–Crippen MR) is 56.2 cm³/mol. The fraction of sp³-hybridized carbons (Fsp3) is 0.250. The Bertz CT molecular complexity index is 390. The molecule has 14 heavy (non-hydrogen) atoms. The molecule has 0 saturated carbocycles. The number of alkyl halides is 3. The van der Waals surface area contributed by atoms with Crippen LogP contribution < -0.4 is 0 Å². The van der Waals surface area contributed by atoms with Crippen LogP contribution in [0.25, 0.3) is 0 Å². The standard InChI is InChI=1S/C8H4ClF2IN2/c9-2-4-1-6(7(10)11)14-8(12)5(4)3-13/h1,7H,2H2. The van der Waals surface area contributed by atoms with Crippen LogP contribution in [0.5, 0.6) is 0 Å². The van der Waals surface area contributed by atoms with Gasteiger partial charge < -0.3 is 0 Å². The van der Waals surface area contributed by atoms with Crippen molar-refractivity contribution in [3.8, 4) is 6.07 Å². The van der Waals surface area contributed by atoms with Crippen molar-refractivity contribution < 1.29 is 8.78 Å². The molecule has 0 aliphatic heterocycles. The van der Waals surface area contributed by atoms with Gasteiger partial charge in [-0.25, -0.2) is 13.8 Å². The van der Waals surface area contributed by atoms with E-state index in [2.05, 4.69) is 4.98 Å². The summed E-state index contributed by atoms with van der Waals surface area (Å²) in [4.78, 5) is 3.61. The summed E-state index contributed by atoms with van der Waals surface area (Å²) in [5, 5.41) is 8.72. The Hall–Kier alpha value is -0.480. The van der Waals surface area contributed by atoms with Gasteiger partial charge in [0.2, 0.25) is 0 Å². The molecule has 0 fully saturated rings. The van der Waals surface area contributed by atoms with Gasteiger partial charge in [-0.05, 0) is 34.2 Å². The summed E-state index contributed by atoms with van der Waals surface area (Å²) >= 11 is 7.28. The Morgan fingerprint density at radius 3 is 2.71 bits per heavy atom. The molecule has 0 spiro atoms. The maximum atomic E-state index is 12.3. The summed E-state index contributed by atoms with van der Waals surface area (Å²) in [6, 6.07) is 3.05. The molecule has 0 saturated heterocycles. The van der Waals surface area contributed by atoms with E-state index < -0.39 is 6.43 Å². The third-order valence-corrected chi connectivity index (χ3v) is 2.62. The lowest BCUT2D eigenvalue weighted by Crippen LogP contribution is -2.00. The van der Waals surface area contributed by atoms with Gasteiger partial charge in [0.1, 0.15) is 15.5 Å². The zero-order valence-electron chi connectivity index (χ0n) is 6.77. The molecule has 0 radical (unpaired) electrons. The number of rotatable bonds is 2. The fourth-order valence-corrected chi connectivity index (χ4v) is 1.88. The van der Waals surface area contributed by atoms with Crippen molar-refractivity contribution in [2.45, 2.75) is 12.3 Å². The number of aromatic nitrogens is 1. The van der Waals surface area contributed by atoms with Crippen LogP contribution in [0.4, 0.5) is 8.78 Å². The van der Waals surface area contributed by atoms with Crippen LogP contribution in [-0.4, -0.2) is 4.98 Å². The highest BCUT2D eigenvalue weighted by Crippen LogP contribution is 2.23. The molecule has 0 unspecified atom stereocenters. The molecule has 0 amide bonds. The van der Waals surface area contributed by atoms with E-state index in [9.17, 15) is 8.78 Å². The molecule has 74 valence electrons. The van der Waals surface area contributed by atoms with Gasteiger partial charge in [-0.2, -0.15) is 5.26 Å². The summed E-state index contributed by atoms with van der Waals surface area (Å²) in [6.07, 6.45) is -2.64. The second kappa shape index (κ2) is 4.84. The van der Waals surface area contributed by atoms with Crippen molar-refractivity contribution in [3.05, 3.63) is 26.6 Å². The van der Waals surface area contributed by atoms with Crippen molar-refractivity contribution in [1.82, 2.24) is 4.98 Å². The lowest BCUT2D eigenvalue weighted by atomic mass is 10.1. The quantitative estimate of drug-likeness (QED) is 0.475. The Morgan fingerprint density at radius 1 is 1.64 bits per heavy atom.